The van der Waals surface area contributed by atoms with Crippen LogP contribution >= 0.6 is 0 Å². The highest BCUT2D eigenvalue weighted by Gasteiger charge is 2.26. The summed E-state index contributed by atoms with van der Waals surface area (Å²) in [6.45, 7) is 7.95. The number of ether oxygens (including phenoxy) is 2. The second-order valence-electron chi connectivity index (χ2n) is 12.4. The lowest BCUT2D eigenvalue weighted by Crippen LogP contribution is -2.37. The van der Waals surface area contributed by atoms with Crippen LogP contribution in [0.15, 0.2) is 45.7 Å². The number of rotatable bonds is 8. The third-order valence-corrected chi connectivity index (χ3v) is 9.28. The van der Waals surface area contributed by atoms with Gasteiger partial charge in [0.1, 0.15) is 11.6 Å². The molecule has 2 aromatic heterocycles. The first kappa shape index (κ1) is 31.2. The number of nitrogens with zero attached hydrogens (tertiary/aromatic N) is 4. The quantitative estimate of drug-likeness (QED) is 0.212. The van der Waals surface area contributed by atoms with Crippen molar-refractivity contribution < 1.29 is 18.4 Å². The topological polar surface area (TPSA) is 121 Å². The summed E-state index contributed by atoms with van der Waals surface area (Å²) < 4.78 is 31.2. The van der Waals surface area contributed by atoms with Gasteiger partial charge in [-0.15, -0.1) is 0 Å². The molecule has 45 heavy (non-hydrogen) atoms. The van der Waals surface area contributed by atoms with E-state index < -0.39 is 0 Å². The van der Waals surface area contributed by atoms with Gasteiger partial charge < -0.3 is 18.9 Å². The molecule has 2 aromatic carbocycles. The van der Waals surface area contributed by atoms with E-state index >= 15 is 0 Å². The average molecular weight is 619 g/mol. The summed E-state index contributed by atoms with van der Waals surface area (Å²) >= 11 is 0. The van der Waals surface area contributed by atoms with Crippen LogP contribution in [0.2, 0.25) is 0 Å². The lowest BCUT2D eigenvalue weighted by atomic mass is 9.91. The van der Waals surface area contributed by atoms with Gasteiger partial charge in [0.25, 0.3) is 5.56 Å². The molecule has 1 unspecified atom stereocenters. The van der Waals surface area contributed by atoms with Crippen molar-refractivity contribution in [2.75, 3.05) is 26.4 Å². The maximum atomic E-state index is 13.4. The van der Waals surface area contributed by atoms with Crippen molar-refractivity contribution >= 4 is 11.0 Å². The molecule has 3 aliphatic rings. The minimum atomic E-state index is -0.303. The Kier molecular flexibility index (Phi) is 9.77. The number of nitrogens with two attached hydrogens (primary N) is 1. The maximum absolute atomic E-state index is 13.4. The van der Waals surface area contributed by atoms with Gasteiger partial charge in [-0.3, -0.25) is 20.6 Å². The second kappa shape index (κ2) is 14.1. The third kappa shape index (κ3) is 7.21. The van der Waals surface area contributed by atoms with Crippen molar-refractivity contribution in [3.05, 3.63) is 80.9 Å². The van der Waals surface area contributed by atoms with Crippen LogP contribution < -0.4 is 26.3 Å². The van der Waals surface area contributed by atoms with Crippen molar-refractivity contribution in [2.45, 2.75) is 83.7 Å². The molecule has 1 atom stereocenters. The van der Waals surface area contributed by atoms with Crippen LogP contribution in [0.5, 0.6) is 11.5 Å². The molecule has 0 aliphatic carbocycles. The molecule has 7 rings (SSSR count). The highest BCUT2D eigenvalue weighted by Crippen LogP contribution is 2.34. The Morgan fingerprint density at radius 1 is 1.07 bits per heavy atom. The monoisotopic (exact) mass is 618 g/mol. The minimum Gasteiger partial charge on any atom is -0.454 e. The lowest BCUT2D eigenvalue weighted by Gasteiger charge is -2.31. The number of likely N-dealkylation sites (tertiary alicyclic amines) is 1. The fourth-order valence-corrected chi connectivity index (χ4v) is 6.51. The van der Waals surface area contributed by atoms with Crippen molar-refractivity contribution in [2.24, 2.45) is 5.84 Å². The summed E-state index contributed by atoms with van der Waals surface area (Å²) in [4.78, 5) is 20.1. The van der Waals surface area contributed by atoms with Crippen LogP contribution in [0.1, 0.15) is 73.3 Å². The number of hydrogen-bond acceptors (Lipinski definition) is 9. The standard InChI is InChI=1S/C23H27FN4O2.C11H16N2O2/c1-15-18(23(29)28-10-3-2-4-21(28)25-15)9-13-27-11-7-16(8-12-27)22-19-6-5-17(24)14-20(19)30-26-22;1-8(13-12)2-3-9-4-5-10-11(6-9)15-7-14-10/h5-6,14,16H,2-4,7-13H2,1H3;4-6,8,13H,2-3,7,12H2,1H3. The largest absolute Gasteiger partial charge is 0.454 e. The molecule has 240 valence electrons. The van der Waals surface area contributed by atoms with Crippen LogP contribution in [0.25, 0.3) is 11.0 Å². The van der Waals surface area contributed by atoms with E-state index in [9.17, 15) is 9.18 Å². The molecular weight excluding hydrogens is 575 g/mol. The van der Waals surface area contributed by atoms with E-state index in [1.807, 2.05) is 23.6 Å². The molecule has 0 bridgehead atoms. The molecule has 3 N–H and O–H groups in total. The normalized spacial score (nSPS) is 17.2. The van der Waals surface area contributed by atoms with Crippen molar-refractivity contribution in [3.8, 4) is 11.5 Å². The van der Waals surface area contributed by atoms with E-state index in [-0.39, 0.29) is 11.4 Å². The molecule has 0 saturated carbocycles. The van der Waals surface area contributed by atoms with Crippen LogP contribution in [0.3, 0.4) is 0 Å². The highest BCUT2D eigenvalue weighted by atomic mass is 19.1. The molecule has 5 heterocycles. The number of hydrazine groups is 1. The Balaban J connectivity index is 0.000000200. The summed E-state index contributed by atoms with van der Waals surface area (Å²) in [6, 6.07) is 11.0. The van der Waals surface area contributed by atoms with Gasteiger partial charge in [0, 0.05) is 54.2 Å². The number of fused-ring (bicyclic) bond motifs is 3. The van der Waals surface area contributed by atoms with Gasteiger partial charge in [-0.25, -0.2) is 9.37 Å². The summed E-state index contributed by atoms with van der Waals surface area (Å²) in [5.74, 6) is 7.99. The van der Waals surface area contributed by atoms with Crippen molar-refractivity contribution in [1.29, 1.82) is 0 Å². The van der Waals surface area contributed by atoms with Crippen molar-refractivity contribution in [1.82, 2.24) is 25.0 Å². The fourth-order valence-electron chi connectivity index (χ4n) is 6.51. The highest BCUT2D eigenvalue weighted by molar-refractivity contribution is 5.79. The number of halogens is 1. The molecule has 4 aromatic rings. The zero-order valence-corrected chi connectivity index (χ0v) is 26.2. The summed E-state index contributed by atoms with van der Waals surface area (Å²) in [6.07, 6.45) is 7.81. The fraction of sp³-hybridized carbons (Fsp3) is 0.500. The molecule has 0 spiro atoms. The van der Waals surface area contributed by atoms with Crippen LogP contribution in [0.4, 0.5) is 4.39 Å². The number of aromatic nitrogens is 3. The summed E-state index contributed by atoms with van der Waals surface area (Å²) in [5, 5.41) is 5.15. The first-order valence-corrected chi connectivity index (χ1v) is 16.1. The number of piperidine rings is 1. The van der Waals surface area contributed by atoms with Gasteiger partial charge in [0.15, 0.2) is 17.1 Å². The minimum absolute atomic E-state index is 0.161. The summed E-state index contributed by atoms with van der Waals surface area (Å²) in [5.41, 5.74) is 7.36. The SMILES string of the molecule is CC(CCc1ccc2c(c1)OCO2)NN.Cc1nc2n(c(=O)c1CCN1CCC(c3noc4cc(F)ccc34)CC1)CCCC2. The number of aryl methyl sites for hydroxylation is 3. The molecule has 0 amide bonds. The second-order valence-corrected chi connectivity index (χ2v) is 12.4. The molecule has 1 saturated heterocycles. The van der Waals surface area contributed by atoms with Gasteiger partial charge >= 0.3 is 0 Å². The molecule has 11 heteroatoms. The first-order valence-electron chi connectivity index (χ1n) is 16.1. The Morgan fingerprint density at radius 2 is 1.89 bits per heavy atom. The Bertz CT molecular complexity index is 1680. The molecule has 0 radical (unpaired) electrons. The number of benzene rings is 2. The smallest absolute Gasteiger partial charge is 0.256 e. The van der Waals surface area contributed by atoms with Gasteiger partial charge in [-0.1, -0.05) is 11.2 Å². The van der Waals surface area contributed by atoms with E-state index in [4.69, 9.17) is 24.8 Å². The zero-order chi connectivity index (χ0) is 31.3. The van der Waals surface area contributed by atoms with E-state index in [0.717, 1.165) is 117 Å². The summed E-state index contributed by atoms with van der Waals surface area (Å²) in [7, 11) is 0. The maximum Gasteiger partial charge on any atom is 0.256 e. The van der Waals surface area contributed by atoms with Crippen LogP contribution in [-0.4, -0.2) is 52.1 Å². The van der Waals surface area contributed by atoms with Gasteiger partial charge in [0.05, 0.1) is 5.69 Å². The van der Waals surface area contributed by atoms with E-state index in [2.05, 4.69) is 28.5 Å². The van der Waals surface area contributed by atoms with E-state index in [1.54, 1.807) is 6.07 Å². The van der Waals surface area contributed by atoms with Gasteiger partial charge in [-0.05, 0) is 102 Å². The average Bonchev–Trinajstić information content (AvgIpc) is 3.71. The predicted octanol–water partition coefficient (Wildman–Crippen LogP) is 4.79. The number of nitrogens with one attached hydrogen (secondary N) is 1. The van der Waals surface area contributed by atoms with E-state index in [0.29, 0.717) is 24.3 Å². The third-order valence-electron chi connectivity index (χ3n) is 9.28. The Hall–Kier alpha value is -3.80. The first-order chi connectivity index (χ1) is 21.9. The Morgan fingerprint density at radius 3 is 2.71 bits per heavy atom. The van der Waals surface area contributed by atoms with Crippen LogP contribution in [-0.2, 0) is 25.8 Å². The van der Waals surface area contributed by atoms with Gasteiger partial charge in [0.2, 0.25) is 6.79 Å². The zero-order valence-electron chi connectivity index (χ0n) is 26.2. The predicted molar refractivity (Wildman–Crippen MR) is 170 cm³/mol. The molecule has 3 aliphatic heterocycles. The van der Waals surface area contributed by atoms with E-state index in [1.165, 1.54) is 17.7 Å². The molecule has 1 fully saturated rings. The Labute approximate surface area is 262 Å². The lowest BCUT2D eigenvalue weighted by molar-refractivity contribution is 0.174. The van der Waals surface area contributed by atoms with Crippen molar-refractivity contribution in [3.63, 3.8) is 0 Å². The number of hydrogen-bond donors (Lipinski definition) is 2. The van der Waals surface area contributed by atoms with Crippen LogP contribution in [0, 0.1) is 12.7 Å². The van der Waals surface area contributed by atoms with Gasteiger partial charge in [-0.2, -0.15) is 0 Å². The molecular formula is C34H43FN6O4. The molecule has 10 nitrogen and oxygen atoms in total.